The third kappa shape index (κ3) is 5.38. The minimum absolute atomic E-state index is 0.0136. The van der Waals surface area contributed by atoms with Crippen LogP contribution in [0.4, 0.5) is 11.4 Å². The number of hydrogen-bond acceptors (Lipinski definition) is 5. The Labute approximate surface area is 205 Å². The SMILES string of the molecule is COc1cc([C@H]2SCC(=O)N2c2ccc(Cl)cc2)cc(Cl)c1OCC(=O)Nc1ccccc1. The molecular formula is C24H20Cl2N2O4S. The Balaban J connectivity index is 1.53. The molecule has 0 saturated carbocycles. The smallest absolute Gasteiger partial charge is 0.262 e. The van der Waals surface area contributed by atoms with Crippen molar-refractivity contribution in [3.63, 3.8) is 0 Å². The minimum Gasteiger partial charge on any atom is -0.493 e. The van der Waals surface area contributed by atoms with Crippen LogP contribution in [0.3, 0.4) is 0 Å². The number of carbonyl (C=O) groups is 2. The van der Waals surface area contributed by atoms with Gasteiger partial charge < -0.3 is 14.8 Å². The van der Waals surface area contributed by atoms with E-state index < -0.39 is 0 Å². The Hall–Kier alpha value is -2.87. The number of para-hydroxylation sites is 1. The number of halogens is 2. The van der Waals surface area contributed by atoms with Gasteiger partial charge in [-0.2, -0.15) is 0 Å². The highest BCUT2D eigenvalue weighted by Gasteiger charge is 2.35. The second kappa shape index (κ2) is 10.4. The third-order valence-corrected chi connectivity index (χ3v) is 6.66. The number of thioether (sulfide) groups is 1. The number of nitrogens with zero attached hydrogens (tertiary/aromatic N) is 1. The van der Waals surface area contributed by atoms with Crippen molar-refractivity contribution >= 4 is 58.2 Å². The molecular weight excluding hydrogens is 483 g/mol. The predicted octanol–water partition coefficient (Wildman–Crippen LogP) is 5.80. The highest BCUT2D eigenvalue weighted by molar-refractivity contribution is 8.00. The van der Waals surface area contributed by atoms with E-state index in [1.807, 2.05) is 18.2 Å². The first-order valence-electron chi connectivity index (χ1n) is 10.0. The van der Waals surface area contributed by atoms with Crippen molar-refractivity contribution in [2.45, 2.75) is 5.37 Å². The van der Waals surface area contributed by atoms with Gasteiger partial charge in [0.15, 0.2) is 18.1 Å². The molecule has 1 aliphatic heterocycles. The van der Waals surface area contributed by atoms with E-state index in [2.05, 4.69) is 5.32 Å². The standard InChI is InChI=1S/C24H20Cl2N2O4S/c1-31-20-12-15(24-28(22(30)14-33-24)18-9-7-16(25)8-10-18)11-19(26)23(20)32-13-21(29)27-17-5-3-2-4-6-17/h2-12,24H,13-14H2,1H3,(H,27,29)/t24-/m1/s1. The highest BCUT2D eigenvalue weighted by atomic mass is 35.5. The summed E-state index contributed by atoms with van der Waals surface area (Å²) < 4.78 is 11.2. The van der Waals surface area contributed by atoms with E-state index in [4.69, 9.17) is 32.7 Å². The molecule has 1 aliphatic rings. The van der Waals surface area contributed by atoms with Gasteiger partial charge in [0.2, 0.25) is 5.91 Å². The maximum absolute atomic E-state index is 12.6. The van der Waals surface area contributed by atoms with Gasteiger partial charge in [0.25, 0.3) is 5.91 Å². The van der Waals surface area contributed by atoms with Crippen LogP contribution in [0.2, 0.25) is 10.0 Å². The van der Waals surface area contributed by atoms with Gasteiger partial charge in [-0.25, -0.2) is 0 Å². The van der Waals surface area contributed by atoms with Crippen molar-refractivity contribution in [3.8, 4) is 11.5 Å². The lowest BCUT2D eigenvalue weighted by atomic mass is 10.1. The van der Waals surface area contributed by atoms with E-state index in [1.165, 1.54) is 18.9 Å². The Bertz CT molecular complexity index is 1160. The summed E-state index contributed by atoms with van der Waals surface area (Å²) in [7, 11) is 1.50. The molecule has 1 heterocycles. The predicted molar refractivity (Wildman–Crippen MR) is 133 cm³/mol. The third-order valence-electron chi connectivity index (χ3n) is 4.91. The molecule has 0 unspecified atom stereocenters. The van der Waals surface area contributed by atoms with Gasteiger partial charge in [0.1, 0.15) is 5.37 Å². The van der Waals surface area contributed by atoms with Crippen LogP contribution in [0, 0.1) is 0 Å². The molecule has 0 spiro atoms. The van der Waals surface area contributed by atoms with Gasteiger partial charge in [0.05, 0.1) is 17.9 Å². The second-order valence-corrected chi connectivity index (χ2v) is 9.05. The summed E-state index contributed by atoms with van der Waals surface area (Å²) in [6.45, 7) is -0.238. The first-order valence-corrected chi connectivity index (χ1v) is 11.8. The fourth-order valence-electron chi connectivity index (χ4n) is 3.43. The molecule has 1 fully saturated rings. The Morgan fingerprint density at radius 1 is 1.12 bits per heavy atom. The van der Waals surface area contributed by atoms with Crippen molar-refractivity contribution in [1.82, 2.24) is 0 Å². The van der Waals surface area contributed by atoms with Crippen molar-refractivity contribution in [1.29, 1.82) is 0 Å². The van der Waals surface area contributed by atoms with E-state index in [9.17, 15) is 9.59 Å². The molecule has 0 aromatic heterocycles. The second-order valence-electron chi connectivity index (χ2n) is 7.14. The van der Waals surface area contributed by atoms with Gasteiger partial charge in [-0.1, -0.05) is 41.4 Å². The van der Waals surface area contributed by atoms with Crippen molar-refractivity contribution in [3.05, 3.63) is 82.3 Å². The normalized spacial score (nSPS) is 15.4. The molecule has 9 heteroatoms. The number of anilines is 2. The summed E-state index contributed by atoms with van der Waals surface area (Å²) in [5.41, 5.74) is 2.20. The van der Waals surface area contributed by atoms with Crippen LogP contribution >= 0.6 is 35.0 Å². The molecule has 1 saturated heterocycles. The lowest BCUT2D eigenvalue weighted by Gasteiger charge is -2.25. The molecule has 4 rings (SSSR count). The summed E-state index contributed by atoms with van der Waals surface area (Å²) in [5, 5.41) is 3.34. The van der Waals surface area contributed by atoms with Crippen molar-refractivity contribution < 1.29 is 19.1 Å². The Morgan fingerprint density at radius 3 is 2.55 bits per heavy atom. The first kappa shape index (κ1) is 23.3. The maximum Gasteiger partial charge on any atom is 0.262 e. The van der Waals surface area contributed by atoms with Crippen LogP contribution in [-0.2, 0) is 9.59 Å². The fraction of sp³-hybridized carbons (Fsp3) is 0.167. The monoisotopic (exact) mass is 502 g/mol. The number of amides is 2. The first-order chi connectivity index (χ1) is 16.0. The Kier molecular flexibility index (Phi) is 7.33. The average Bonchev–Trinajstić information content (AvgIpc) is 3.20. The summed E-state index contributed by atoms with van der Waals surface area (Å²) in [4.78, 5) is 26.6. The molecule has 170 valence electrons. The molecule has 6 nitrogen and oxygen atoms in total. The number of hydrogen-bond donors (Lipinski definition) is 1. The van der Waals surface area contributed by atoms with Crippen LogP contribution in [0.15, 0.2) is 66.7 Å². The topological polar surface area (TPSA) is 67.9 Å². The molecule has 3 aromatic carbocycles. The van der Waals surface area contributed by atoms with Gasteiger partial charge in [0, 0.05) is 16.4 Å². The zero-order valence-corrected chi connectivity index (χ0v) is 19.9. The molecule has 2 amide bonds. The number of nitrogens with one attached hydrogen (secondary N) is 1. The van der Waals surface area contributed by atoms with Gasteiger partial charge >= 0.3 is 0 Å². The largest absolute Gasteiger partial charge is 0.493 e. The van der Waals surface area contributed by atoms with Crippen LogP contribution < -0.4 is 19.7 Å². The van der Waals surface area contributed by atoms with E-state index in [0.717, 1.165) is 11.3 Å². The summed E-state index contributed by atoms with van der Waals surface area (Å²) in [6.07, 6.45) is 0. The zero-order valence-electron chi connectivity index (χ0n) is 17.6. The maximum atomic E-state index is 12.6. The molecule has 0 bridgehead atoms. The molecule has 3 aromatic rings. The average molecular weight is 503 g/mol. The molecule has 1 N–H and O–H groups in total. The van der Waals surface area contributed by atoms with Crippen molar-refractivity contribution in [2.24, 2.45) is 0 Å². The van der Waals surface area contributed by atoms with Gasteiger partial charge in [-0.3, -0.25) is 14.5 Å². The summed E-state index contributed by atoms with van der Waals surface area (Å²) in [5.74, 6) is 0.639. The quantitative estimate of drug-likeness (QED) is 0.442. The molecule has 0 radical (unpaired) electrons. The van der Waals surface area contributed by atoms with E-state index in [-0.39, 0.29) is 34.6 Å². The van der Waals surface area contributed by atoms with Crippen LogP contribution in [0.1, 0.15) is 10.9 Å². The summed E-state index contributed by atoms with van der Waals surface area (Å²) in [6, 6.07) is 19.7. The number of rotatable bonds is 7. The van der Waals surface area contributed by atoms with Crippen LogP contribution in [0.5, 0.6) is 11.5 Å². The number of carbonyl (C=O) groups excluding carboxylic acids is 2. The van der Waals surface area contributed by atoms with Crippen molar-refractivity contribution in [2.75, 3.05) is 29.7 Å². The molecule has 0 aliphatic carbocycles. The molecule has 1 atom stereocenters. The van der Waals surface area contributed by atoms with Crippen LogP contribution in [0.25, 0.3) is 0 Å². The van der Waals surface area contributed by atoms with Crippen LogP contribution in [-0.4, -0.2) is 31.3 Å². The fourth-order valence-corrected chi connectivity index (χ4v) is 4.99. The van der Waals surface area contributed by atoms with Gasteiger partial charge in [-0.15, -0.1) is 11.8 Å². The lowest BCUT2D eigenvalue weighted by Crippen LogP contribution is -2.27. The molecule has 33 heavy (non-hydrogen) atoms. The van der Waals surface area contributed by atoms with Gasteiger partial charge in [-0.05, 0) is 54.1 Å². The zero-order chi connectivity index (χ0) is 23.4. The van der Waals surface area contributed by atoms with E-state index in [0.29, 0.717) is 22.2 Å². The highest BCUT2D eigenvalue weighted by Crippen LogP contribution is 2.46. The van der Waals surface area contributed by atoms with E-state index in [1.54, 1.807) is 53.4 Å². The lowest BCUT2D eigenvalue weighted by molar-refractivity contribution is -0.118. The Morgan fingerprint density at radius 2 is 1.85 bits per heavy atom. The minimum atomic E-state index is -0.325. The van der Waals surface area contributed by atoms with E-state index >= 15 is 0 Å². The number of benzene rings is 3. The summed E-state index contributed by atoms with van der Waals surface area (Å²) >= 11 is 14.0. The number of methoxy groups -OCH3 is 1. The number of ether oxygens (including phenoxy) is 2.